The van der Waals surface area contributed by atoms with Crippen molar-refractivity contribution in [2.45, 2.75) is 19.8 Å². The molecule has 146 valence electrons. The van der Waals surface area contributed by atoms with Crippen LogP contribution in [-0.2, 0) is 6.42 Å². The number of thiazole rings is 1. The molecule has 3 aromatic rings. The summed E-state index contributed by atoms with van der Waals surface area (Å²) in [5.74, 6) is 1.14. The third-order valence-corrected chi connectivity index (χ3v) is 5.37. The van der Waals surface area contributed by atoms with E-state index in [4.69, 9.17) is 21.1 Å². The Kier molecular flexibility index (Phi) is 6.54. The molecule has 0 aliphatic heterocycles. The van der Waals surface area contributed by atoms with Crippen molar-refractivity contribution in [2.24, 2.45) is 0 Å². The molecule has 0 atom stereocenters. The van der Waals surface area contributed by atoms with Gasteiger partial charge in [-0.1, -0.05) is 31.0 Å². The molecule has 0 saturated heterocycles. The zero-order valence-electron chi connectivity index (χ0n) is 15.9. The van der Waals surface area contributed by atoms with Crippen LogP contribution in [0.4, 0.5) is 5.13 Å². The van der Waals surface area contributed by atoms with Crippen molar-refractivity contribution in [3.8, 4) is 22.8 Å². The summed E-state index contributed by atoms with van der Waals surface area (Å²) in [6.45, 7) is 2.11. The molecule has 0 aliphatic rings. The Morgan fingerprint density at radius 2 is 1.86 bits per heavy atom. The molecule has 0 radical (unpaired) electrons. The molecule has 3 rings (SSSR count). The van der Waals surface area contributed by atoms with Gasteiger partial charge in [0.1, 0.15) is 11.5 Å². The van der Waals surface area contributed by atoms with Gasteiger partial charge < -0.3 is 9.47 Å². The third-order valence-electron chi connectivity index (χ3n) is 4.11. The monoisotopic (exact) mass is 416 g/mol. The quantitative estimate of drug-likeness (QED) is 0.537. The number of benzene rings is 2. The number of hydrogen-bond acceptors (Lipinski definition) is 5. The van der Waals surface area contributed by atoms with Crippen LogP contribution in [0.5, 0.6) is 11.5 Å². The summed E-state index contributed by atoms with van der Waals surface area (Å²) in [6, 6.07) is 12.5. The number of aromatic nitrogens is 1. The van der Waals surface area contributed by atoms with E-state index in [2.05, 4.69) is 17.2 Å². The van der Waals surface area contributed by atoms with Gasteiger partial charge in [0.2, 0.25) is 0 Å². The van der Waals surface area contributed by atoms with Crippen LogP contribution in [0.2, 0.25) is 5.02 Å². The summed E-state index contributed by atoms with van der Waals surface area (Å²) in [4.78, 5) is 18.3. The summed E-state index contributed by atoms with van der Waals surface area (Å²) in [7, 11) is 3.23. The van der Waals surface area contributed by atoms with Gasteiger partial charge in [0, 0.05) is 27.1 Å². The molecule has 0 aliphatic carbocycles. The lowest BCUT2D eigenvalue weighted by atomic mass is 10.1. The summed E-state index contributed by atoms with van der Waals surface area (Å²) >= 11 is 7.46. The lowest BCUT2D eigenvalue weighted by Gasteiger charge is -2.08. The van der Waals surface area contributed by atoms with Gasteiger partial charge >= 0.3 is 0 Å². The van der Waals surface area contributed by atoms with Crippen molar-refractivity contribution in [1.82, 2.24) is 4.98 Å². The van der Waals surface area contributed by atoms with Gasteiger partial charge in [0.05, 0.1) is 19.9 Å². The molecule has 0 unspecified atom stereocenters. The molecule has 0 bridgehead atoms. The van der Waals surface area contributed by atoms with E-state index in [-0.39, 0.29) is 5.91 Å². The zero-order valence-corrected chi connectivity index (χ0v) is 17.5. The van der Waals surface area contributed by atoms with Crippen molar-refractivity contribution in [3.05, 3.63) is 57.9 Å². The SMILES string of the molecule is CCCc1sc(NC(=O)c2cccc(Cl)c2)nc1-c1cc(OC)cc(OC)c1. The number of carbonyl (C=O) groups is 1. The van der Waals surface area contributed by atoms with Crippen molar-refractivity contribution >= 4 is 34.0 Å². The molecule has 1 heterocycles. The number of carbonyl (C=O) groups excluding carboxylic acids is 1. The molecule has 7 heteroatoms. The maximum Gasteiger partial charge on any atom is 0.257 e. The van der Waals surface area contributed by atoms with Crippen LogP contribution in [0.1, 0.15) is 28.6 Å². The van der Waals surface area contributed by atoms with E-state index < -0.39 is 0 Å². The fraction of sp³-hybridized carbons (Fsp3) is 0.238. The van der Waals surface area contributed by atoms with Gasteiger partial charge in [0.15, 0.2) is 5.13 Å². The molecule has 2 aromatic carbocycles. The molecular weight excluding hydrogens is 396 g/mol. The number of hydrogen-bond donors (Lipinski definition) is 1. The van der Waals surface area contributed by atoms with Gasteiger partial charge in [-0.15, -0.1) is 11.3 Å². The van der Waals surface area contributed by atoms with Crippen LogP contribution in [0.3, 0.4) is 0 Å². The van der Waals surface area contributed by atoms with E-state index in [0.717, 1.165) is 29.0 Å². The Bertz CT molecular complexity index is 965. The van der Waals surface area contributed by atoms with E-state index in [9.17, 15) is 4.79 Å². The van der Waals surface area contributed by atoms with Crippen molar-refractivity contribution < 1.29 is 14.3 Å². The van der Waals surface area contributed by atoms with Crippen LogP contribution in [-0.4, -0.2) is 25.1 Å². The highest BCUT2D eigenvalue weighted by Gasteiger charge is 2.17. The number of amides is 1. The van der Waals surface area contributed by atoms with Gasteiger partial charge in [-0.05, 0) is 36.8 Å². The maximum absolute atomic E-state index is 12.5. The van der Waals surface area contributed by atoms with Gasteiger partial charge in [-0.25, -0.2) is 4.98 Å². The van der Waals surface area contributed by atoms with Crippen LogP contribution in [0.25, 0.3) is 11.3 Å². The molecule has 1 amide bonds. The highest BCUT2D eigenvalue weighted by molar-refractivity contribution is 7.16. The maximum atomic E-state index is 12.5. The Morgan fingerprint density at radius 3 is 2.46 bits per heavy atom. The van der Waals surface area contributed by atoms with E-state index in [0.29, 0.717) is 27.2 Å². The topological polar surface area (TPSA) is 60.5 Å². The largest absolute Gasteiger partial charge is 0.497 e. The molecule has 0 spiro atoms. The number of nitrogens with zero attached hydrogens (tertiary/aromatic N) is 1. The first-order valence-electron chi connectivity index (χ1n) is 8.84. The van der Waals surface area contributed by atoms with E-state index in [1.165, 1.54) is 11.3 Å². The zero-order chi connectivity index (χ0) is 20.1. The average Bonchev–Trinajstić information content (AvgIpc) is 3.10. The van der Waals surface area contributed by atoms with Gasteiger partial charge in [0.25, 0.3) is 5.91 Å². The number of methoxy groups -OCH3 is 2. The molecule has 5 nitrogen and oxygen atoms in total. The van der Waals surface area contributed by atoms with Gasteiger partial charge in [-0.2, -0.15) is 0 Å². The Balaban J connectivity index is 1.95. The second-order valence-electron chi connectivity index (χ2n) is 6.11. The Hall–Kier alpha value is -2.57. The Morgan fingerprint density at radius 1 is 1.14 bits per heavy atom. The number of ether oxygens (including phenoxy) is 2. The second kappa shape index (κ2) is 9.08. The third kappa shape index (κ3) is 4.64. The Labute approximate surface area is 173 Å². The highest BCUT2D eigenvalue weighted by atomic mass is 35.5. The fourth-order valence-corrected chi connectivity index (χ4v) is 4.04. The fourth-order valence-electron chi connectivity index (χ4n) is 2.77. The van der Waals surface area contributed by atoms with Crippen LogP contribution >= 0.6 is 22.9 Å². The lowest BCUT2D eigenvalue weighted by Crippen LogP contribution is -2.11. The summed E-state index contributed by atoms with van der Waals surface area (Å²) in [5.41, 5.74) is 2.20. The van der Waals surface area contributed by atoms with Crippen LogP contribution in [0, 0.1) is 0 Å². The first-order valence-corrected chi connectivity index (χ1v) is 10.0. The van der Waals surface area contributed by atoms with Crippen molar-refractivity contribution in [1.29, 1.82) is 0 Å². The number of nitrogens with one attached hydrogen (secondary N) is 1. The highest BCUT2D eigenvalue weighted by Crippen LogP contribution is 2.36. The molecular formula is C21H21ClN2O3S. The molecule has 1 aromatic heterocycles. The second-order valence-corrected chi connectivity index (χ2v) is 7.63. The standard InChI is InChI=1S/C21H21ClN2O3S/c1-4-6-18-19(14-10-16(26-2)12-17(11-14)27-3)23-21(28-18)24-20(25)13-7-5-8-15(22)9-13/h5,7-12H,4,6H2,1-3H3,(H,23,24,25). The van der Waals surface area contributed by atoms with Crippen molar-refractivity contribution in [2.75, 3.05) is 19.5 Å². The minimum atomic E-state index is -0.242. The molecule has 28 heavy (non-hydrogen) atoms. The van der Waals surface area contributed by atoms with Crippen molar-refractivity contribution in [3.63, 3.8) is 0 Å². The predicted molar refractivity (Wildman–Crippen MR) is 114 cm³/mol. The van der Waals surface area contributed by atoms with Gasteiger partial charge in [-0.3, -0.25) is 10.1 Å². The molecule has 0 saturated carbocycles. The number of aryl methyl sites for hydroxylation is 1. The van der Waals surface area contributed by atoms with E-state index in [1.807, 2.05) is 18.2 Å². The smallest absolute Gasteiger partial charge is 0.257 e. The minimum Gasteiger partial charge on any atom is -0.497 e. The molecule has 0 fully saturated rings. The van der Waals surface area contributed by atoms with E-state index in [1.54, 1.807) is 38.5 Å². The summed E-state index contributed by atoms with van der Waals surface area (Å²) in [6.07, 6.45) is 1.83. The summed E-state index contributed by atoms with van der Waals surface area (Å²) in [5, 5.41) is 3.94. The predicted octanol–water partition coefficient (Wildman–Crippen LogP) is 5.69. The normalized spacial score (nSPS) is 10.6. The number of rotatable bonds is 7. The first-order chi connectivity index (χ1) is 13.5. The number of halogens is 1. The number of anilines is 1. The molecule has 1 N–H and O–H groups in total. The van der Waals surface area contributed by atoms with Crippen LogP contribution in [0.15, 0.2) is 42.5 Å². The summed E-state index contributed by atoms with van der Waals surface area (Å²) < 4.78 is 10.7. The lowest BCUT2D eigenvalue weighted by molar-refractivity contribution is 0.102. The first kappa shape index (κ1) is 20.2. The van der Waals surface area contributed by atoms with Crippen LogP contribution < -0.4 is 14.8 Å². The minimum absolute atomic E-state index is 0.242. The van der Waals surface area contributed by atoms with E-state index >= 15 is 0 Å². The average molecular weight is 417 g/mol.